The van der Waals surface area contributed by atoms with Gasteiger partial charge in [-0.05, 0) is 32.6 Å². The van der Waals surface area contributed by atoms with E-state index >= 15 is 0 Å². The summed E-state index contributed by atoms with van der Waals surface area (Å²) in [5.74, 6) is -0.302. The van der Waals surface area contributed by atoms with Gasteiger partial charge in [0.1, 0.15) is 5.69 Å². The molecular weight excluding hydrogens is 280 g/mol. The first kappa shape index (κ1) is 15.9. The minimum absolute atomic E-state index is 0.0996. The highest BCUT2D eigenvalue weighted by atomic mass is 19.3. The summed E-state index contributed by atoms with van der Waals surface area (Å²) < 4.78 is 26.3. The molecule has 2 heterocycles. The van der Waals surface area contributed by atoms with E-state index in [1.54, 1.807) is 17.0 Å². The van der Waals surface area contributed by atoms with Crippen molar-refractivity contribution < 1.29 is 18.7 Å². The number of aliphatic hydroxyl groups is 1. The number of hydrogen-bond acceptors (Lipinski definition) is 3. The van der Waals surface area contributed by atoms with E-state index in [2.05, 4.69) is 0 Å². The van der Waals surface area contributed by atoms with Crippen LogP contribution in [0.1, 0.15) is 16.9 Å². The molecule has 7 heteroatoms. The molecule has 0 saturated carbocycles. The smallest absolute Gasteiger partial charge is 0.270 e. The van der Waals surface area contributed by atoms with Crippen LogP contribution in [0, 0.1) is 0 Å². The summed E-state index contributed by atoms with van der Waals surface area (Å²) in [7, 11) is 3.79. The Hall–Kier alpha value is -1.47. The van der Waals surface area contributed by atoms with Crippen LogP contribution < -0.4 is 0 Å². The van der Waals surface area contributed by atoms with Crippen LogP contribution in [0.15, 0.2) is 18.3 Å². The Kier molecular flexibility index (Phi) is 4.95. The van der Waals surface area contributed by atoms with E-state index in [1.807, 2.05) is 19.0 Å². The van der Waals surface area contributed by atoms with E-state index in [9.17, 15) is 18.7 Å². The number of alkyl halides is 2. The van der Waals surface area contributed by atoms with Gasteiger partial charge in [0.2, 0.25) is 0 Å². The second kappa shape index (κ2) is 6.53. The maximum atomic E-state index is 12.6. The molecule has 1 N–H and O–H groups in total. The average molecular weight is 301 g/mol. The number of amides is 1. The third kappa shape index (κ3) is 3.79. The molecule has 0 aliphatic carbocycles. The molecule has 2 unspecified atom stereocenters. The van der Waals surface area contributed by atoms with E-state index < -0.39 is 19.1 Å². The predicted molar refractivity (Wildman–Crippen MR) is 74.4 cm³/mol. The van der Waals surface area contributed by atoms with Gasteiger partial charge in [0.25, 0.3) is 12.3 Å². The van der Waals surface area contributed by atoms with E-state index in [-0.39, 0.29) is 24.2 Å². The first-order valence-corrected chi connectivity index (χ1v) is 6.95. The highest BCUT2D eigenvalue weighted by Gasteiger charge is 2.35. The molecule has 1 aromatic rings. The quantitative estimate of drug-likeness (QED) is 0.879. The van der Waals surface area contributed by atoms with Crippen molar-refractivity contribution in [2.45, 2.75) is 31.5 Å². The molecule has 1 aliphatic rings. The normalized spacial score (nSPS) is 22.5. The molecule has 5 nitrogen and oxygen atoms in total. The number of carbonyl (C=O) groups is 1. The Balaban J connectivity index is 2.16. The number of aliphatic hydroxyl groups excluding tert-OH is 1. The number of nitrogens with zero attached hydrogens (tertiary/aromatic N) is 3. The molecule has 0 radical (unpaired) electrons. The molecule has 0 spiro atoms. The lowest BCUT2D eigenvalue weighted by atomic mass is 10.2. The van der Waals surface area contributed by atoms with Crippen molar-refractivity contribution in [2.24, 2.45) is 0 Å². The third-order valence-corrected chi connectivity index (χ3v) is 3.61. The van der Waals surface area contributed by atoms with Crippen LogP contribution >= 0.6 is 0 Å². The summed E-state index contributed by atoms with van der Waals surface area (Å²) in [6.07, 6.45) is -1.07. The number of likely N-dealkylation sites (tertiary alicyclic amines) is 1. The topological polar surface area (TPSA) is 48.7 Å². The predicted octanol–water partition coefficient (Wildman–Crippen LogP) is 0.890. The fourth-order valence-corrected chi connectivity index (χ4v) is 2.80. The fourth-order valence-electron chi connectivity index (χ4n) is 2.80. The SMILES string of the molecule is CN(C)CC1CC(O)CN1C(=O)c1cccn1CC(F)F. The first-order chi connectivity index (χ1) is 9.88. The van der Waals surface area contributed by atoms with Crippen LogP contribution in [-0.2, 0) is 6.54 Å². The molecule has 1 fully saturated rings. The van der Waals surface area contributed by atoms with Crippen LogP contribution in [0.25, 0.3) is 0 Å². The van der Waals surface area contributed by atoms with Crippen LogP contribution in [0.2, 0.25) is 0 Å². The Bertz CT molecular complexity index is 490. The molecule has 118 valence electrons. The Labute approximate surface area is 122 Å². The van der Waals surface area contributed by atoms with E-state index in [0.717, 1.165) is 0 Å². The fraction of sp³-hybridized carbons (Fsp3) is 0.643. The van der Waals surface area contributed by atoms with Crippen molar-refractivity contribution in [2.75, 3.05) is 27.2 Å². The lowest BCUT2D eigenvalue weighted by Gasteiger charge is -2.27. The molecule has 1 aliphatic heterocycles. The zero-order valence-electron chi connectivity index (χ0n) is 12.2. The summed E-state index contributed by atoms with van der Waals surface area (Å²) in [5.41, 5.74) is 0.244. The summed E-state index contributed by atoms with van der Waals surface area (Å²) in [5, 5.41) is 9.80. The molecule has 2 rings (SSSR count). The first-order valence-electron chi connectivity index (χ1n) is 6.95. The third-order valence-electron chi connectivity index (χ3n) is 3.61. The summed E-state index contributed by atoms with van der Waals surface area (Å²) in [6, 6.07) is 3.03. The molecular formula is C14H21F2N3O2. The Morgan fingerprint density at radius 3 is 2.86 bits per heavy atom. The van der Waals surface area contributed by atoms with Gasteiger partial charge in [0.05, 0.1) is 12.6 Å². The van der Waals surface area contributed by atoms with Crippen molar-refractivity contribution >= 4 is 5.91 Å². The minimum atomic E-state index is -2.51. The van der Waals surface area contributed by atoms with Gasteiger partial charge in [-0.15, -0.1) is 0 Å². The lowest BCUT2D eigenvalue weighted by molar-refractivity contribution is 0.0679. The number of aromatic nitrogens is 1. The second-order valence-corrected chi connectivity index (χ2v) is 5.70. The minimum Gasteiger partial charge on any atom is -0.391 e. The molecule has 21 heavy (non-hydrogen) atoms. The highest BCUT2D eigenvalue weighted by molar-refractivity contribution is 5.93. The van der Waals surface area contributed by atoms with Crippen molar-refractivity contribution in [3.63, 3.8) is 0 Å². The number of likely N-dealkylation sites (N-methyl/N-ethyl adjacent to an activating group) is 1. The van der Waals surface area contributed by atoms with Gasteiger partial charge < -0.3 is 19.5 Å². The van der Waals surface area contributed by atoms with Crippen molar-refractivity contribution in [3.05, 3.63) is 24.0 Å². The second-order valence-electron chi connectivity index (χ2n) is 5.70. The monoisotopic (exact) mass is 301 g/mol. The number of hydrogen-bond donors (Lipinski definition) is 1. The van der Waals surface area contributed by atoms with Gasteiger partial charge in [-0.1, -0.05) is 0 Å². The molecule has 1 amide bonds. The number of carbonyl (C=O) groups excluding carboxylic acids is 1. The maximum absolute atomic E-state index is 12.6. The number of halogens is 2. The van der Waals surface area contributed by atoms with Crippen molar-refractivity contribution in [3.8, 4) is 0 Å². The van der Waals surface area contributed by atoms with E-state index in [4.69, 9.17) is 0 Å². The van der Waals surface area contributed by atoms with Crippen LogP contribution in [0.4, 0.5) is 8.78 Å². The molecule has 2 atom stereocenters. The summed E-state index contributed by atoms with van der Waals surface area (Å²) >= 11 is 0. The van der Waals surface area contributed by atoms with Crippen molar-refractivity contribution in [1.29, 1.82) is 0 Å². The van der Waals surface area contributed by atoms with Crippen LogP contribution in [-0.4, -0.2) is 71.1 Å². The van der Waals surface area contributed by atoms with Gasteiger partial charge >= 0.3 is 0 Å². The molecule has 0 bridgehead atoms. The van der Waals surface area contributed by atoms with Crippen LogP contribution in [0.5, 0.6) is 0 Å². The van der Waals surface area contributed by atoms with Crippen molar-refractivity contribution in [1.82, 2.24) is 14.4 Å². The number of β-amino-alcohol motifs (C(OH)–C–C–N with tert-alkyl or cyclic N) is 1. The largest absolute Gasteiger partial charge is 0.391 e. The van der Waals surface area contributed by atoms with E-state index in [0.29, 0.717) is 13.0 Å². The highest BCUT2D eigenvalue weighted by Crippen LogP contribution is 2.21. The molecule has 0 aromatic carbocycles. The molecule has 1 saturated heterocycles. The van der Waals surface area contributed by atoms with Gasteiger partial charge in [-0.2, -0.15) is 0 Å². The standard InChI is InChI=1S/C14H21F2N3O2/c1-17(2)7-10-6-11(20)8-19(10)14(21)12-4-3-5-18(12)9-13(15)16/h3-5,10-11,13,20H,6-9H2,1-2H3. The lowest BCUT2D eigenvalue weighted by Crippen LogP contribution is -2.42. The molecule has 1 aromatic heterocycles. The van der Waals surface area contributed by atoms with Gasteiger partial charge in [0, 0.05) is 25.3 Å². The Morgan fingerprint density at radius 1 is 1.52 bits per heavy atom. The maximum Gasteiger partial charge on any atom is 0.270 e. The summed E-state index contributed by atoms with van der Waals surface area (Å²) in [6.45, 7) is 0.387. The summed E-state index contributed by atoms with van der Waals surface area (Å²) in [4.78, 5) is 16.1. The zero-order valence-corrected chi connectivity index (χ0v) is 12.2. The van der Waals surface area contributed by atoms with Gasteiger partial charge in [-0.25, -0.2) is 8.78 Å². The van der Waals surface area contributed by atoms with E-state index in [1.165, 1.54) is 10.8 Å². The average Bonchev–Trinajstić information content (AvgIpc) is 2.94. The van der Waals surface area contributed by atoms with Gasteiger partial charge in [0.15, 0.2) is 0 Å². The Morgan fingerprint density at radius 2 is 2.24 bits per heavy atom. The van der Waals surface area contributed by atoms with Crippen LogP contribution in [0.3, 0.4) is 0 Å². The zero-order chi connectivity index (χ0) is 15.6. The van der Waals surface area contributed by atoms with Gasteiger partial charge in [-0.3, -0.25) is 4.79 Å². The number of rotatable bonds is 5.